The Morgan fingerprint density at radius 3 is 2.74 bits per heavy atom. The van der Waals surface area contributed by atoms with Crippen LogP contribution in [0.4, 0.5) is 0 Å². The molecule has 1 fully saturated rings. The average Bonchev–Trinajstić information content (AvgIpc) is 3.08. The Morgan fingerprint density at radius 1 is 1.30 bits per heavy atom. The van der Waals surface area contributed by atoms with Crippen molar-refractivity contribution in [2.75, 3.05) is 13.1 Å². The lowest BCUT2D eigenvalue weighted by atomic mass is 9.96. The van der Waals surface area contributed by atoms with Gasteiger partial charge in [-0.25, -0.2) is 4.98 Å². The second-order valence-corrected chi connectivity index (χ2v) is 5.80. The number of likely N-dealkylation sites (tertiary alicyclic amines) is 1. The van der Waals surface area contributed by atoms with E-state index in [0.717, 1.165) is 24.2 Å². The smallest absolute Gasteiger partial charge is 0.253 e. The van der Waals surface area contributed by atoms with E-state index < -0.39 is 0 Å². The first kappa shape index (κ1) is 15.2. The normalized spacial score (nSPS) is 17.9. The molecule has 2 heterocycles. The van der Waals surface area contributed by atoms with Crippen molar-refractivity contribution in [1.82, 2.24) is 20.1 Å². The van der Waals surface area contributed by atoms with E-state index in [9.17, 15) is 9.59 Å². The number of amides is 2. The van der Waals surface area contributed by atoms with Crippen molar-refractivity contribution in [2.24, 2.45) is 11.7 Å². The van der Waals surface area contributed by atoms with E-state index >= 15 is 0 Å². The second-order valence-electron chi connectivity index (χ2n) is 5.80. The minimum absolute atomic E-state index is 0.0536. The maximum Gasteiger partial charge on any atom is 0.253 e. The van der Waals surface area contributed by atoms with E-state index in [1.165, 1.54) is 6.33 Å². The number of nitrogens with one attached hydrogen (secondary N) is 1. The van der Waals surface area contributed by atoms with Gasteiger partial charge in [0, 0.05) is 25.1 Å². The van der Waals surface area contributed by atoms with Gasteiger partial charge in [-0.15, -0.1) is 0 Å². The molecule has 1 aliphatic heterocycles. The molecular weight excluding hydrogens is 294 g/mol. The zero-order valence-electron chi connectivity index (χ0n) is 12.7. The summed E-state index contributed by atoms with van der Waals surface area (Å²) in [4.78, 5) is 29.7. The zero-order valence-corrected chi connectivity index (χ0v) is 12.7. The predicted molar refractivity (Wildman–Crippen MR) is 83.5 cm³/mol. The number of nitrogens with zero attached hydrogens (tertiary/aromatic N) is 3. The van der Waals surface area contributed by atoms with Crippen LogP contribution < -0.4 is 5.73 Å². The molecule has 1 unspecified atom stereocenters. The highest BCUT2D eigenvalue weighted by Crippen LogP contribution is 2.19. The molecule has 0 bridgehead atoms. The highest BCUT2D eigenvalue weighted by molar-refractivity contribution is 5.94. The van der Waals surface area contributed by atoms with Gasteiger partial charge >= 0.3 is 0 Å². The third-order valence-corrected chi connectivity index (χ3v) is 4.15. The maximum absolute atomic E-state index is 12.5. The lowest BCUT2D eigenvalue weighted by molar-refractivity contribution is -0.123. The Balaban J connectivity index is 1.66. The van der Waals surface area contributed by atoms with Gasteiger partial charge in [-0.3, -0.25) is 14.7 Å². The molecule has 1 aromatic heterocycles. The van der Waals surface area contributed by atoms with Crippen molar-refractivity contribution in [2.45, 2.75) is 19.3 Å². The number of hydrogen-bond acceptors (Lipinski definition) is 4. The van der Waals surface area contributed by atoms with E-state index in [0.29, 0.717) is 25.1 Å². The van der Waals surface area contributed by atoms with Gasteiger partial charge in [0.1, 0.15) is 12.2 Å². The molecule has 1 aliphatic rings. The Labute approximate surface area is 133 Å². The molecule has 7 heteroatoms. The van der Waals surface area contributed by atoms with Crippen LogP contribution in [0.3, 0.4) is 0 Å². The van der Waals surface area contributed by atoms with E-state index in [1.54, 1.807) is 4.90 Å². The molecule has 23 heavy (non-hydrogen) atoms. The van der Waals surface area contributed by atoms with Gasteiger partial charge in [-0.1, -0.05) is 12.1 Å². The molecule has 1 aromatic carbocycles. The maximum atomic E-state index is 12.5. The van der Waals surface area contributed by atoms with Gasteiger partial charge in [0.15, 0.2) is 0 Å². The van der Waals surface area contributed by atoms with E-state index in [2.05, 4.69) is 15.2 Å². The average molecular weight is 313 g/mol. The Kier molecular flexibility index (Phi) is 4.36. The van der Waals surface area contributed by atoms with Crippen LogP contribution in [0.15, 0.2) is 30.6 Å². The second kappa shape index (κ2) is 6.60. The van der Waals surface area contributed by atoms with Gasteiger partial charge < -0.3 is 10.6 Å². The Hall–Kier alpha value is -2.70. The van der Waals surface area contributed by atoms with Gasteiger partial charge in [0.25, 0.3) is 5.91 Å². The highest BCUT2D eigenvalue weighted by atomic mass is 16.2. The number of carbonyl (C=O) groups excluding carboxylic acids is 2. The van der Waals surface area contributed by atoms with Crippen LogP contribution in [0.5, 0.6) is 0 Å². The van der Waals surface area contributed by atoms with Gasteiger partial charge in [0.05, 0.1) is 5.92 Å². The molecular formula is C16H19N5O2. The molecule has 0 spiro atoms. The number of carbonyl (C=O) groups is 2. The van der Waals surface area contributed by atoms with Crippen LogP contribution in [0.2, 0.25) is 0 Å². The molecule has 0 saturated carbocycles. The minimum Gasteiger partial charge on any atom is -0.369 e. The molecule has 3 rings (SSSR count). The summed E-state index contributed by atoms with van der Waals surface area (Å²) in [6.45, 7) is 1.08. The Bertz CT molecular complexity index is 681. The fourth-order valence-electron chi connectivity index (χ4n) is 2.85. The van der Waals surface area contributed by atoms with Crippen LogP contribution >= 0.6 is 0 Å². The summed E-state index contributed by atoms with van der Waals surface area (Å²) in [6, 6.07) is 7.43. The molecule has 3 N–H and O–H groups in total. The molecule has 0 radical (unpaired) electrons. The lowest BCUT2D eigenvalue weighted by Gasteiger charge is -2.31. The van der Waals surface area contributed by atoms with Crippen molar-refractivity contribution >= 4 is 11.8 Å². The minimum atomic E-state index is -0.329. The number of piperidine rings is 1. The van der Waals surface area contributed by atoms with Gasteiger partial charge in [0.2, 0.25) is 5.91 Å². The Morgan fingerprint density at radius 2 is 2.09 bits per heavy atom. The van der Waals surface area contributed by atoms with Crippen LogP contribution in [0.1, 0.15) is 34.6 Å². The summed E-state index contributed by atoms with van der Waals surface area (Å²) < 4.78 is 0. The number of H-pyrrole nitrogens is 1. The van der Waals surface area contributed by atoms with Crippen molar-refractivity contribution in [3.05, 3.63) is 47.5 Å². The van der Waals surface area contributed by atoms with Gasteiger partial charge in [-0.05, 0) is 30.5 Å². The quantitative estimate of drug-likeness (QED) is 0.868. The van der Waals surface area contributed by atoms with E-state index in [-0.39, 0.29) is 17.7 Å². The molecule has 1 atom stereocenters. The summed E-state index contributed by atoms with van der Waals surface area (Å²) >= 11 is 0. The number of aromatic nitrogens is 3. The summed E-state index contributed by atoms with van der Waals surface area (Å²) in [6.07, 6.45) is 3.68. The number of benzene rings is 1. The lowest BCUT2D eigenvalue weighted by Crippen LogP contribution is -2.44. The van der Waals surface area contributed by atoms with Crippen molar-refractivity contribution < 1.29 is 9.59 Å². The topological polar surface area (TPSA) is 105 Å². The molecule has 7 nitrogen and oxygen atoms in total. The van der Waals surface area contributed by atoms with Crippen LogP contribution in [-0.4, -0.2) is 45.0 Å². The molecule has 2 amide bonds. The monoisotopic (exact) mass is 313 g/mol. The first-order chi connectivity index (χ1) is 11.1. The summed E-state index contributed by atoms with van der Waals surface area (Å²) in [5.74, 6) is 0.162. The standard InChI is InChI=1S/C16H19N5O2/c17-15(22)13-2-1-7-21(9-13)16(23)12-5-3-11(4-6-12)8-14-18-10-19-20-14/h3-6,10,13H,1-2,7-9H2,(H2,17,22)(H,18,19,20). The summed E-state index contributed by atoms with van der Waals surface area (Å²) in [5, 5.41) is 6.62. The number of aromatic amines is 1. The first-order valence-electron chi connectivity index (χ1n) is 7.65. The summed E-state index contributed by atoms with van der Waals surface area (Å²) in [5.41, 5.74) is 7.03. The van der Waals surface area contributed by atoms with Crippen LogP contribution in [0, 0.1) is 5.92 Å². The van der Waals surface area contributed by atoms with Crippen molar-refractivity contribution in [1.29, 1.82) is 0 Å². The van der Waals surface area contributed by atoms with Crippen molar-refractivity contribution in [3.63, 3.8) is 0 Å². The molecule has 1 saturated heterocycles. The number of primary amides is 1. The third kappa shape index (κ3) is 3.56. The van der Waals surface area contributed by atoms with Crippen LogP contribution in [-0.2, 0) is 11.2 Å². The molecule has 2 aromatic rings. The fraction of sp³-hybridized carbons (Fsp3) is 0.375. The number of nitrogens with two attached hydrogens (primary N) is 1. The third-order valence-electron chi connectivity index (χ3n) is 4.15. The highest BCUT2D eigenvalue weighted by Gasteiger charge is 2.27. The van der Waals surface area contributed by atoms with Crippen molar-refractivity contribution in [3.8, 4) is 0 Å². The van der Waals surface area contributed by atoms with E-state index in [4.69, 9.17) is 5.73 Å². The predicted octanol–water partition coefficient (Wildman–Crippen LogP) is 0.733. The number of hydrogen-bond donors (Lipinski definition) is 2. The SMILES string of the molecule is NC(=O)C1CCCN(C(=O)c2ccc(Cc3ncn[nH]3)cc2)C1. The largest absolute Gasteiger partial charge is 0.369 e. The fourth-order valence-corrected chi connectivity index (χ4v) is 2.85. The molecule has 0 aliphatic carbocycles. The van der Waals surface area contributed by atoms with Gasteiger partial charge in [-0.2, -0.15) is 5.10 Å². The first-order valence-corrected chi connectivity index (χ1v) is 7.65. The molecule has 120 valence electrons. The van der Waals surface area contributed by atoms with E-state index in [1.807, 2.05) is 24.3 Å². The van der Waals surface area contributed by atoms with Crippen LogP contribution in [0.25, 0.3) is 0 Å². The zero-order chi connectivity index (χ0) is 16.2. The number of rotatable bonds is 4. The summed E-state index contributed by atoms with van der Waals surface area (Å²) in [7, 11) is 0.